The van der Waals surface area contributed by atoms with E-state index in [1.165, 1.54) is 6.42 Å². The zero-order valence-corrected chi connectivity index (χ0v) is 13.0. The van der Waals surface area contributed by atoms with E-state index in [1.54, 1.807) is 12.1 Å². The molecule has 0 aromatic carbocycles. The molecule has 0 amide bonds. The van der Waals surface area contributed by atoms with Gasteiger partial charge in [-0.1, -0.05) is 6.42 Å². The van der Waals surface area contributed by atoms with E-state index in [9.17, 15) is 8.78 Å². The van der Waals surface area contributed by atoms with E-state index in [0.717, 1.165) is 29.0 Å². The lowest BCUT2D eigenvalue weighted by Gasteiger charge is -2.24. The largest absolute Gasteiger partial charge is 0.361 e. The Balaban J connectivity index is 1.52. The normalized spacial score (nSPS) is 15.2. The average molecular weight is 334 g/mol. The summed E-state index contributed by atoms with van der Waals surface area (Å²) >= 11 is 0. The maximum Gasteiger partial charge on any atom is 0.299 e. The van der Waals surface area contributed by atoms with Crippen molar-refractivity contribution in [2.24, 2.45) is 7.05 Å². The molecule has 3 aromatic rings. The zero-order valence-electron chi connectivity index (χ0n) is 13.0. The maximum absolute atomic E-state index is 12.9. The van der Waals surface area contributed by atoms with Crippen LogP contribution in [-0.2, 0) is 13.6 Å². The lowest BCUT2D eigenvalue weighted by Crippen LogP contribution is -2.15. The highest BCUT2D eigenvalue weighted by Gasteiger charge is 2.25. The summed E-state index contributed by atoms with van der Waals surface area (Å²) in [6, 6.07) is 3.26. The number of nitrogens with one attached hydrogen (secondary N) is 1. The molecule has 3 heterocycles. The minimum atomic E-state index is -2.73. The Morgan fingerprint density at radius 3 is 2.75 bits per heavy atom. The van der Waals surface area contributed by atoms with Gasteiger partial charge in [-0.05, 0) is 25.0 Å². The van der Waals surface area contributed by atoms with E-state index in [0.29, 0.717) is 18.3 Å². The summed E-state index contributed by atoms with van der Waals surface area (Å²) in [6.07, 6.45) is 0.815. The summed E-state index contributed by atoms with van der Waals surface area (Å²) in [4.78, 5) is 0. The van der Waals surface area contributed by atoms with Crippen LogP contribution >= 0.6 is 0 Å². The first-order valence-electron chi connectivity index (χ1n) is 7.76. The molecule has 1 saturated carbocycles. The molecule has 126 valence electrons. The number of alkyl halides is 2. The second-order valence-corrected chi connectivity index (χ2v) is 5.86. The molecule has 8 nitrogen and oxygen atoms in total. The second kappa shape index (κ2) is 5.77. The predicted molar refractivity (Wildman–Crippen MR) is 80.7 cm³/mol. The number of halogens is 2. The summed E-state index contributed by atoms with van der Waals surface area (Å²) in [7, 11) is 1.94. The Bertz CT molecular complexity index is 867. The molecule has 1 aliphatic rings. The highest BCUT2D eigenvalue weighted by atomic mass is 19.3. The van der Waals surface area contributed by atoms with Gasteiger partial charge in [0.15, 0.2) is 11.5 Å². The van der Waals surface area contributed by atoms with E-state index in [-0.39, 0.29) is 5.65 Å². The highest BCUT2D eigenvalue weighted by molar-refractivity contribution is 5.44. The molecule has 24 heavy (non-hydrogen) atoms. The maximum atomic E-state index is 12.9. The average Bonchev–Trinajstić information content (AvgIpc) is 3.08. The SMILES string of the molecule is Cn1c(CNc2ccc3nnc(C(F)F)n3n2)nnc1C1CCC1. The molecule has 0 bridgehead atoms. The Morgan fingerprint density at radius 2 is 2.04 bits per heavy atom. The summed E-state index contributed by atoms with van der Waals surface area (Å²) in [5.41, 5.74) is 0.279. The highest BCUT2D eigenvalue weighted by Crippen LogP contribution is 2.35. The lowest BCUT2D eigenvalue weighted by molar-refractivity contribution is 0.137. The third kappa shape index (κ3) is 2.47. The summed E-state index contributed by atoms with van der Waals surface area (Å²) in [5.74, 6) is 2.24. The summed E-state index contributed by atoms with van der Waals surface area (Å²) in [6.45, 7) is 0.404. The second-order valence-electron chi connectivity index (χ2n) is 5.86. The van der Waals surface area contributed by atoms with Crippen LogP contribution in [0.4, 0.5) is 14.6 Å². The van der Waals surface area contributed by atoms with E-state index < -0.39 is 12.2 Å². The van der Waals surface area contributed by atoms with Crippen LogP contribution in [0.1, 0.15) is 49.1 Å². The van der Waals surface area contributed by atoms with Crippen LogP contribution in [0.5, 0.6) is 0 Å². The first kappa shape index (κ1) is 14.9. The Hall–Kier alpha value is -2.65. The standard InChI is InChI=1S/C14H16F2N8/c1-23-11(19-20-13(23)8-3-2-4-8)7-17-9-5-6-10-18-21-14(12(15)16)24(10)22-9/h5-6,8,12H,2-4,7H2,1H3,(H,17,22). The molecule has 0 atom stereocenters. The molecule has 0 spiro atoms. The first-order chi connectivity index (χ1) is 11.6. The van der Waals surface area contributed by atoms with Crippen molar-refractivity contribution in [2.45, 2.75) is 38.2 Å². The molecule has 1 N–H and O–H groups in total. The van der Waals surface area contributed by atoms with Crippen LogP contribution in [0, 0.1) is 0 Å². The van der Waals surface area contributed by atoms with Gasteiger partial charge in [0.1, 0.15) is 11.6 Å². The van der Waals surface area contributed by atoms with Gasteiger partial charge in [-0.2, -0.15) is 4.52 Å². The number of nitrogens with zero attached hydrogens (tertiary/aromatic N) is 7. The van der Waals surface area contributed by atoms with Crippen molar-refractivity contribution in [3.63, 3.8) is 0 Å². The van der Waals surface area contributed by atoms with Crippen molar-refractivity contribution in [3.8, 4) is 0 Å². The van der Waals surface area contributed by atoms with E-state index in [4.69, 9.17) is 0 Å². The molecule has 0 aliphatic heterocycles. The van der Waals surface area contributed by atoms with E-state index in [2.05, 4.69) is 30.8 Å². The van der Waals surface area contributed by atoms with Gasteiger partial charge in [-0.25, -0.2) is 8.78 Å². The molecule has 3 aromatic heterocycles. The number of hydrogen-bond donors (Lipinski definition) is 1. The smallest absolute Gasteiger partial charge is 0.299 e. The molecule has 0 radical (unpaired) electrons. The fraction of sp³-hybridized carbons (Fsp3) is 0.500. The fourth-order valence-corrected chi connectivity index (χ4v) is 2.76. The molecule has 1 aliphatic carbocycles. The lowest BCUT2D eigenvalue weighted by atomic mass is 9.85. The van der Waals surface area contributed by atoms with E-state index >= 15 is 0 Å². The van der Waals surface area contributed by atoms with Gasteiger partial charge in [0.05, 0.1) is 6.54 Å². The molecule has 0 saturated heterocycles. The van der Waals surface area contributed by atoms with Crippen molar-refractivity contribution in [2.75, 3.05) is 5.32 Å². The van der Waals surface area contributed by atoms with Gasteiger partial charge in [0.2, 0.25) is 5.82 Å². The summed E-state index contributed by atoms with van der Waals surface area (Å²) in [5, 5.41) is 22.8. The summed E-state index contributed by atoms with van der Waals surface area (Å²) < 4.78 is 28.8. The number of hydrogen-bond acceptors (Lipinski definition) is 6. The first-order valence-corrected chi connectivity index (χ1v) is 7.76. The predicted octanol–water partition coefficient (Wildman–Crippen LogP) is 2.07. The van der Waals surface area contributed by atoms with Crippen LogP contribution in [0.3, 0.4) is 0 Å². The minimum absolute atomic E-state index is 0.279. The Morgan fingerprint density at radius 1 is 1.21 bits per heavy atom. The molecular weight excluding hydrogens is 318 g/mol. The number of rotatable bonds is 5. The van der Waals surface area contributed by atoms with Crippen molar-refractivity contribution in [1.82, 2.24) is 34.6 Å². The molecular formula is C14H16F2N8. The van der Waals surface area contributed by atoms with Crippen molar-refractivity contribution >= 4 is 11.5 Å². The number of anilines is 1. The van der Waals surface area contributed by atoms with Crippen molar-refractivity contribution in [3.05, 3.63) is 29.6 Å². The monoisotopic (exact) mass is 334 g/mol. The van der Waals surface area contributed by atoms with Crippen molar-refractivity contribution in [1.29, 1.82) is 0 Å². The number of aromatic nitrogens is 7. The van der Waals surface area contributed by atoms with Crippen LogP contribution in [0.25, 0.3) is 5.65 Å². The quantitative estimate of drug-likeness (QED) is 0.769. The van der Waals surface area contributed by atoms with E-state index in [1.807, 2.05) is 11.6 Å². The van der Waals surface area contributed by atoms with Crippen LogP contribution in [-0.4, -0.2) is 34.6 Å². The van der Waals surface area contributed by atoms with Gasteiger partial charge in [0, 0.05) is 13.0 Å². The molecule has 10 heteroatoms. The fourth-order valence-electron chi connectivity index (χ4n) is 2.76. The molecule has 4 rings (SSSR count). The Labute approximate surface area is 135 Å². The Kier molecular flexibility index (Phi) is 3.58. The molecule has 0 unspecified atom stereocenters. The van der Waals surface area contributed by atoms with Crippen LogP contribution < -0.4 is 5.32 Å². The minimum Gasteiger partial charge on any atom is -0.361 e. The van der Waals surface area contributed by atoms with Crippen LogP contribution in [0.15, 0.2) is 12.1 Å². The van der Waals surface area contributed by atoms with Crippen LogP contribution in [0.2, 0.25) is 0 Å². The third-order valence-electron chi connectivity index (χ3n) is 4.38. The van der Waals surface area contributed by atoms with Gasteiger partial charge in [-0.3, -0.25) is 0 Å². The van der Waals surface area contributed by atoms with Crippen molar-refractivity contribution < 1.29 is 8.78 Å². The topological polar surface area (TPSA) is 85.8 Å². The number of fused-ring (bicyclic) bond motifs is 1. The van der Waals surface area contributed by atoms with Gasteiger partial charge in [0.25, 0.3) is 6.43 Å². The molecule has 1 fully saturated rings. The van der Waals surface area contributed by atoms with Gasteiger partial charge >= 0.3 is 0 Å². The van der Waals surface area contributed by atoms with Gasteiger partial charge in [-0.15, -0.1) is 25.5 Å². The van der Waals surface area contributed by atoms with Gasteiger partial charge < -0.3 is 9.88 Å². The zero-order chi connectivity index (χ0) is 16.7. The third-order valence-corrected chi connectivity index (χ3v) is 4.38.